The number of piperazine rings is 1. The predicted molar refractivity (Wildman–Crippen MR) is 156 cm³/mol. The van der Waals surface area contributed by atoms with Gasteiger partial charge in [-0.2, -0.15) is 0 Å². The van der Waals surface area contributed by atoms with E-state index < -0.39 is 0 Å². The van der Waals surface area contributed by atoms with Crippen LogP contribution in [0.4, 0.5) is 5.69 Å². The van der Waals surface area contributed by atoms with Gasteiger partial charge in [-0.15, -0.1) is 0 Å². The fraction of sp³-hybridized carbons (Fsp3) is 0.167. The maximum atomic E-state index is 13.5. The van der Waals surface area contributed by atoms with Gasteiger partial charge in [-0.3, -0.25) is 19.1 Å². The Kier molecular flexibility index (Phi) is 5.72. The Hall–Kier alpha value is -4.40. The van der Waals surface area contributed by atoms with E-state index in [1.54, 1.807) is 28.6 Å². The van der Waals surface area contributed by atoms with Gasteiger partial charge in [0.15, 0.2) is 0 Å². The van der Waals surface area contributed by atoms with Gasteiger partial charge in [0.1, 0.15) is 11.5 Å². The number of benzene rings is 3. The fourth-order valence-corrected chi connectivity index (χ4v) is 5.61. The largest absolute Gasteiger partial charge is 0.456 e. The van der Waals surface area contributed by atoms with E-state index in [1.807, 2.05) is 66.7 Å². The molecule has 0 unspecified atom stereocenters. The molecule has 4 heterocycles. The topological polar surface area (TPSA) is 77.2 Å². The SMILES string of the molecule is Cn1c(=O)n(-c2ccc(N3CCNCC3)c(Cl)c2)c2c3cc(Oc4cnc5ccccc5c4)ccc3ncc21. The van der Waals surface area contributed by atoms with Crippen molar-refractivity contribution in [2.75, 3.05) is 31.1 Å². The van der Waals surface area contributed by atoms with Crippen LogP contribution in [0.3, 0.4) is 0 Å². The Labute approximate surface area is 229 Å². The van der Waals surface area contributed by atoms with Crippen molar-refractivity contribution in [2.24, 2.45) is 7.05 Å². The molecule has 0 spiro atoms. The predicted octanol–water partition coefficient (Wildman–Crippen LogP) is 5.28. The lowest BCUT2D eigenvalue weighted by molar-refractivity contribution is 0.482. The second-order valence-corrected chi connectivity index (χ2v) is 10.1. The van der Waals surface area contributed by atoms with Crippen LogP contribution in [0.25, 0.3) is 38.5 Å². The van der Waals surface area contributed by atoms with Crippen LogP contribution in [0, 0.1) is 0 Å². The Morgan fingerprint density at radius 3 is 2.56 bits per heavy atom. The summed E-state index contributed by atoms with van der Waals surface area (Å²) in [4.78, 5) is 24.9. The molecule has 3 aromatic heterocycles. The smallest absolute Gasteiger partial charge is 0.333 e. The third-order valence-electron chi connectivity index (χ3n) is 7.30. The van der Waals surface area contributed by atoms with E-state index in [1.165, 1.54) is 0 Å². The van der Waals surface area contributed by atoms with Crippen molar-refractivity contribution in [2.45, 2.75) is 0 Å². The number of hydrogen-bond acceptors (Lipinski definition) is 6. The average molecular weight is 537 g/mol. The molecule has 194 valence electrons. The zero-order valence-electron chi connectivity index (χ0n) is 21.3. The minimum atomic E-state index is -0.171. The summed E-state index contributed by atoms with van der Waals surface area (Å²) in [7, 11) is 1.76. The number of pyridine rings is 2. The van der Waals surface area contributed by atoms with Crippen molar-refractivity contribution in [1.29, 1.82) is 0 Å². The number of imidazole rings is 1. The van der Waals surface area contributed by atoms with Gasteiger partial charge in [-0.25, -0.2) is 4.79 Å². The Morgan fingerprint density at radius 2 is 1.72 bits per heavy atom. The molecule has 0 bridgehead atoms. The second-order valence-electron chi connectivity index (χ2n) is 9.69. The number of para-hydroxylation sites is 1. The highest BCUT2D eigenvalue weighted by molar-refractivity contribution is 6.33. The standard InChI is InChI=1S/C30H25ClN6O2/c1-35-28-18-34-26-8-7-21(39-22-14-19-4-2-3-5-25(19)33-17-22)16-23(26)29(28)37(30(35)38)20-6-9-27(24(31)15-20)36-12-10-32-11-13-36/h2-9,14-18,32H,10-13H2,1H3. The molecule has 1 fully saturated rings. The number of nitrogens with zero attached hydrogens (tertiary/aromatic N) is 5. The number of ether oxygens (including phenoxy) is 1. The molecule has 7 rings (SSSR count). The molecule has 1 aliphatic heterocycles. The summed E-state index contributed by atoms with van der Waals surface area (Å²) in [5.74, 6) is 1.26. The van der Waals surface area contributed by atoms with Crippen LogP contribution in [-0.2, 0) is 7.05 Å². The summed E-state index contributed by atoms with van der Waals surface area (Å²) in [6, 6.07) is 21.4. The molecule has 8 nitrogen and oxygen atoms in total. The van der Waals surface area contributed by atoms with E-state index >= 15 is 0 Å². The molecule has 0 amide bonds. The van der Waals surface area contributed by atoms with Gasteiger partial charge in [-0.1, -0.05) is 29.8 Å². The minimum Gasteiger partial charge on any atom is -0.456 e. The molecular weight excluding hydrogens is 512 g/mol. The van der Waals surface area contributed by atoms with Gasteiger partial charge in [0.05, 0.1) is 50.9 Å². The Bertz CT molecular complexity index is 1940. The van der Waals surface area contributed by atoms with Crippen LogP contribution in [0.2, 0.25) is 5.02 Å². The minimum absolute atomic E-state index is 0.171. The molecule has 6 aromatic rings. The Morgan fingerprint density at radius 1 is 0.897 bits per heavy atom. The van der Waals surface area contributed by atoms with Crippen LogP contribution in [0.5, 0.6) is 11.5 Å². The van der Waals surface area contributed by atoms with E-state index in [4.69, 9.17) is 16.3 Å². The number of anilines is 1. The first-order chi connectivity index (χ1) is 19.1. The number of nitrogens with one attached hydrogen (secondary N) is 1. The number of halogens is 1. The summed E-state index contributed by atoms with van der Waals surface area (Å²) in [5.41, 5.74) is 4.64. The lowest BCUT2D eigenvalue weighted by atomic mass is 10.1. The number of rotatable bonds is 4. The quantitative estimate of drug-likeness (QED) is 0.330. The van der Waals surface area contributed by atoms with Crippen molar-refractivity contribution < 1.29 is 4.74 Å². The maximum absolute atomic E-state index is 13.5. The summed E-state index contributed by atoms with van der Waals surface area (Å²) in [6.07, 6.45) is 3.45. The third-order valence-corrected chi connectivity index (χ3v) is 7.61. The molecule has 0 aliphatic carbocycles. The van der Waals surface area contributed by atoms with Gasteiger partial charge in [0.2, 0.25) is 0 Å². The molecule has 9 heteroatoms. The van der Waals surface area contributed by atoms with E-state index in [0.29, 0.717) is 22.2 Å². The summed E-state index contributed by atoms with van der Waals surface area (Å²) in [5, 5.41) is 5.78. The van der Waals surface area contributed by atoms with Crippen LogP contribution < -0.4 is 20.6 Å². The van der Waals surface area contributed by atoms with Crippen molar-refractivity contribution >= 4 is 50.1 Å². The molecule has 1 aliphatic rings. The molecule has 1 N–H and O–H groups in total. The zero-order valence-corrected chi connectivity index (χ0v) is 22.0. The van der Waals surface area contributed by atoms with Crippen molar-refractivity contribution in [3.05, 3.63) is 94.6 Å². The van der Waals surface area contributed by atoms with Crippen molar-refractivity contribution in [3.8, 4) is 17.2 Å². The first-order valence-corrected chi connectivity index (χ1v) is 13.2. The zero-order chi connectivity index (χ0) is 26.5. The molecule has 1 saturated heterocycles. The maximum Gasteiger partial charge on any atom is 0.333 e. The number of hydrogen-bond donors (Lipinski definition) is 1. The number of aromatic nitrogens is 4. The highest BCUT2D eigenvalue weighted by Crippen LogP contribution is 2.33. The third kappa shape index (κ3) is 4.09. The van der Waals surface area contributed by atoms with E-state index in [2.05, 4.69) is 20.2 Å². The molecular formula is C30H25ClN6O2. The van der Waals surface area contributed by atoms with Crippen molar-refractivity contribution in [3.63, 3.8) is 0 Å². The highest BCUT2D eigenvalue weighted by Gasteiger charge is 2.19. The molecule has 0 atom stereocenters. The van der Waals surface area contributed by atoms with Gasteiger partial charge >= 0.3 is 5.69 Å². The van der Waals surface area contributed by atoms with Gasteiger partial charge in [0.25, 0.3) is 0 Å². The van der Waals surface area contributed by atoms with Gasteiger partial charge < -0.3 is 15.0 Å². The molecule has 3 aromatic carbocycles. The summed E-state index contributed by atoms with van der Waals surface area (Å²) in [6.45, 7) is 3.61. The first kappa shape index (κ1) is 23.7. The van der Waals surface area contributed by atoms with E-state index in [-0.39, 0.29) is 5.69 Å². The van der Waals surface area contributed by atoms with Gasteiger partial charge in [0, 0.05) is 44.0 Å². The summed E-state index contributed by atoms with van der Waals surface area (Å²) < 4.78 is 9.53. The van der Waals surface area contributed by atoms with Crippen LogP contribution in [0.1, 0.15) is 0 Å². The molecule has 0 radical (unpaired) electrons. The lowest BCUT2D eigenvalue weighted by Gasteiger charge is -2.30. The highest BCUT2D eigenvalue weighted by atomic mass is 35.5. The number of aryl methyl sites for hydroxylation is 1. The van der Waals surface area contributed by atoms with Crippen LogP contribution in [-0.4, -0.2) is 45.3 Å². The average Bonchev–Trinajstić information content (AvgIpc) is 3.23. The fourth-order valence-electron chi connectivity index (χ4n) is 5.32. The molecule has 39 heavy (non-hydrogen) atoms. The monoisotopic (exact) mass is 536 g/mol. The van der Waals surface area contributed by atoms with Crippen LogP contribution >= 0.6 is 11.6 Å². The first-order valence-electron chi connectivity index (χ1n) is 12.9. The summed E-state index contributed by atoms with van der Waals surface area (Å²) >= 11 is 6.78. The molecule has 0 saturated carbocycles. The Balaban J connectivity index is 1.35. The van der Waals surface area contributed by atoms with Gasteiger partial charge in [-0.05, 0) is 48.5 Å². The second kappa shape index (κ2) is 9.41. The number of fused-ring (bicyclic) bond motifs is 4. The van der Waals surface area contributed by atoms with Crippen LogP contribution in [0.15, 0.2) is 83.9 Å². The van der Waals surface area contributed by atoms with Crippen molar-refractivity contribution in [1.82, 2.24) is 24.4 Å². The van der Waals surface area contributed by atoms with E-state index in [9.17, 15) is 4.79 Å². The van der Waals surface area contributed by atoms with E-state index in [0.717, 1.165) is 64.7 Å². The normalized spacial score (nSPS) is 13.9. The lowest BCUT2D eigenvalue weighted by Crippen LogP contribution is -2.43.